The van der Waals surface area contributed by atoms with Crippen molar-refractivity contribution in [1.29, 1.82) is 0 Å². The fourth-order valence-electron chi connectivity index (χ4n) is 2.09. The number of carbonyl (C=O) groups excluding carboxylic acids is 1. The molecule has 1 heterocycles. The Labute approximate surface area is 162 Å². The highest BCUT2D eigenvalue weighted by molar-refractivity contribution is 6.33. The Morgan fingerprint density at radius 3 is 2.70 bits per heavy atom. The summed E-state index contributed by atoms with van der Waals surface area (Å²) < 4.78 is 0. The van der Waals surface area contributed by atoms with Crippen molar-refractivity contribution in [2.24, 2.45) is 10.7 Å². The zero-order chi connectivity index (χ0) is 19.8. The van der Waals surface area contributed by atoms with E-state index in [1.807, 2.05) is 6.07 Å². The Kier molecular flexibility index (Phi) is 6.90. The molecule has 1 amide bonds. The Hall–Kier alpha value is -3.39. The van der Waals surface area contributed by atoms with E-state index in [0.717, 1.165) is 0 Å². The molecule has 0 radical (unpaired) electrons. The second-order valence-corrected chi connectivity index (χ2v) is 5.71. The molecule has 0 aliphatic heterocycles. The van der Waals surface area contributed by atoms with Crippen LogP contribution in [0.2, 0.25) is 5.02 Å². The van der Waals surface area contributed by atoms with E-state index in [2.05, 4.69) is 37.5 Å². The summed E-state index contributed by atoms with van der Waals surface area (Å²) >= 11 is 6.33. The van der Waals surface area contributed by atoms with Crippen LogP contribution in [0.3, 0.4) is 0 Å². The van der Waals surface area contributed by atoms with Crippen LogP contribution in [0.25, 0.3) is 0 Å². The molecule has 27 heavy (non-hydrogen) atoms. The first-order valence-corrected chi connectivity index (χ1v) is 8.30. The molecule has 0 aliphatic rings. The molecule has 5 N–H and O–H groups in total. The minimum absolute atomic E-state index is 0.298. The van der Waals surface area contributed by atoms with Crippen molar-refractivity contribution in [3.8, 4) is 0 Å². The predicted octanol–water partition coefficient (Wildman–Crippen LogP) is 3.22. The molecular weight excluding hydrogens is 366 g/mol. The standard InChI is InChI=1S/C18H20ClN7O/c1-4-15(27)23-12-6-5-7-13(8-12)24-17-16(19)11(2)22-18(26-17)25-14(9-20)10-21-3/h4-10H,1,20H2,2-3H3,(H,23,27)(H2,22,24,25,26). The Morgan fingerprint density at radius 1 is 1.30 bits per heavy atom. The van der Waals surface area contributed by atoms with Crippen LogP contribution >= 0.6 is 11.6 Å². The predicted molar refractivity (Wildman–Crippen MR) is 111 cm³/mol. The van der Waals surface area contributed by atoms with Crippen molar-refractivity contribution in [2.45, 2.75) is 6.92 Å². The quantitative estimate of drug-likeness (QED) is 0.429. The third-order valence-electron chi connectivity index (χ3n) is 3.30. The summed E-state index contributed by atoms with van der Waals surface area (Å²) in [5, 5.41) is 9.16. The highest BCUT2D eigenvalue weighted by Gasteiger charge is 2.11. The lowest BCUT2D eigenvalue weighted by Gasteiger charge is -2.13. The minimum atomic E-state index is -0.298. The van der Waals surface area contributed by atoms with Crippen molar-refractivity contribution in [3.05, 3.63) is 59.5 Å². The molecule has 2 rings (SSSR count). The largest absolute Gasteiger partial charge is 0.403 e. The number of hydrogen-bond donors (Lipinski definition) is 4. The topological polar surface area (TPSA) is 117 Å². The van der Waals surface area contributed by atoms with Crippen LogP contribution in [-0.4, -0.2) is 29.1 Å². The van der Waals surface area contributed by atoms with Crippen LogP contribution in [0.5, 0.6) is 0 Å². The second kappa shape index (κ2) is 9.35. The molecule has 0 fully saturated rings. The number of aliphatic imine (C=N–C) groups is 1. The van der Waals surface area contributed by atoms with Crippen LogP contribution in [0, 0.1) is 6.92 Å². The molecule has 0 saturated carbocycles. The first kappa shape index (κ1) is 19.9. The van der Waals surface area contributed by atoms with E-state index in [1.165, 1.54) is 12.3 Å². The summed E-state index contributed by atoms with van der Waals surface area (Å²) in [5.41, 5.74) is 7.97. The number of nitrogens with one attached hydrogen (secondary N) is 3. The monoisotopic (exact) mass is 385 g/mol. The second-order valence-electron chi connectivity index (χ2n) is 5.33. The van der Waals surface area contributed by atoms with Crippen LogP contribution in [0.1, 0.15) is 5.69 Å². The number of nitrogens with two attached hydrogens (primary N) is 1. The normalized spacial score (nSPS) is 11.3. The van der Waals surface area contributed by atoms with Gasteiger partial charge in [-0.05, 0) is 31.2 Å². The van der Waals surface area contributed by atoms with Crippen LogP contribution < -0.4 is 21.7 Å². The van der Waals surface area contributed by atoms with E-state index in [-0.39, 0.29) is 5.91 Å². The fraction of sp³-hybridized carbons (Fsp3) is 0.111. The average Bonchev–Trinajstić information content (AvgIpc) is 2.65. The maximum absolute atomic E-state index is 11.5. The van der Waals surface area contributed by atoms with Crippen molar-refractivity contribution in [3.63, 3.8) is 0 Å². The highest BCUT2D eigenvalue weighted by atomic mass is 35.5. The number of anilines is 4. The molecule has 0 unspecified atom stereocenters. The number of aromatic nitrogens is 2. The Balaban J connectivity index is 2.29. The van der Waals surface area contributed by atoms with E-state index in [4.69, 9.17) is 17.3 Å². The van der Waals surface area contributed by atoms with Gasteiger partial charge in [0.1, 0.15) is 5.02 Å². The average molecular weight is 386 g/mol. The van der Waals surface area contributed by atoms with E-state index >= 15 is 0 Å². The molecule has 0 spiro atoms. The van der Waals surface area contributed by atoms with Gasteiger partial charge in [-0.25, -0.2) is 4.98 Å². The van der Waals surface area contributed by atoms with E-state index in [9.17, 15) is 4.79 Å². The Morgan fingerprint density at radius 2 is 2.04 bits per heavy atom. The lowest BCUT2D eigenvalue weighted by atomic mass is 10.2. The van der Waals surface area contributed by atoms with Crippen molar-refractivity contribution in [2.75, 3.05) is 23.0 Å². The van der Waals surface area contributed by atoms with Gasteiger partial charge in [0.25, 0.3) is 0 Å². The molecule has 1 aromatic carbocycles. The number of amides is 1. The summed E-state index contributed by atoms with van der Waals surface area (Å²) in [6, 6.07) is 7.11. The van der Waals surface area contributed by atoms with Crippen molar-refractivity contribution >= 4 is 46.9 Å². The summed E-state index contributed by atoms with van der Waals surface area (Å²) in [5.74, 6) is 0.420. The molecule has 0 saturated heterocycles. The SMILES string of the molecule is C=CC(=O)Nc1cccc(Nc2nc(NC(C=NC)=CN)nc(C)c2Cl)c1. The zero-order valence-corrected chi connectivity index (χ0v) is 15.7. The maximum Gasteiger partial charge on any atom is 0.247 e. The van der Waals surface area contributed by atoms with Crippen LogP contribution in [-0.2, 0) is 4.79 Å². The summed E-state index contributed by atoms with van der Waals surface area (Å²) in [6.45, 7) is 5.19. The van der Waals surface area contributed by atoms with Gasteiger partial charge < -0.3 is 21.7 Å². The zero-order valence-electron chi connectivity index (χ0n) is 15.0. The van der Waals surface area contributed by atoms with Crippen LogP contribution in [0.15, 0.2) is 53.8 Å². The third kappa shape index (κ3) is 5.55. The van der Waals surface area contributed by atoms with Gasteiger partial charge in [-0.15, -0.1) is 0 Å². The number of aryl methyl sites for hydroxylation is 1. The van der Waals surface area contributed by atoms with Gasteiger partial charge in [0.15, 0.2) is 5.82 Å². The number of carbonyl (C=O) groups is 1. The third-order valence-corrected chi connectivity index (χ3v) is 3.75. The molecule has 0 bridgehead atoms. The van der Waals surface area contributed by atoms with Gasteiger partial charge in [0.2, 0.25) is 11.9 Å². The summed E-state index contributed by atoms with van der Waals surface area (Å²) in [4.78, 5) is 24.0. The number of nitrogens with zero attached hydrogens (tertiary/aromatic N) is 3. The summed E-state index contributed by atoms with van der Waals surface area (Å²) in [7, 11) is 1.63. The Bertz CT molecular complexity index is 909. The molecule has 0 aliphatic carbocycles. The van der Waals surface area contributed by atoms with Crippen LogP contribution in [0.4, 0.5) is 23.1 Å². The smallest absolute Gasteiger partial charge is 0.247 e. The molecule has 140 valence electrons. The van der Waals surface area contributed by atoms with E-state index < -0.39 is 0 Å². The molecule has 9 heteroatoms. The molecular formula is C18H20ClN7O. The maximum atomic E-state index is 11.5. The molecule has 1 aromatic heterocycles. The number of allylic oxidation sites excluding steroid dienone is 1. The lowest BCUT2D eigenvalue weighted by molar-refractivity contribution is -0.111. The minimum Gasteiger partial charge on any atom is -0.403 e. The number of rotatable bonds is 7. The molecule has 0 atom stereocenters. The van der Waals surface area contributed by atoms with E-state index in [1.54, 1.807) is 38.4 Å². The van der Waals surface area contributed by atoms with Gasteiger partial charge in [-0.3, -0.25) is 9.79 Å². The highest BCUT2D eigenvalue weighted by Crippen LogP contribution is 2.28. The number of halogens is 1. The number of hydrogen-bond acceptors (Lipinski definition) is 7. The fourth-order valence-corrected chi connectivity index (χ4v) is 2.22. The van der Waals surface area contributed by atoms with E-state index in [0.29, 0.717) is 39.6 Å². The first-order chi connectivity index (χ1) is 13.0. The van der Waals surface area contributed by atoms with Gasteiger partial charge >= 0.3 is 0 Å². The first-order valence-electron chi connectivity index (χ1n) is 7.92. The van der Waals surface area contributed by atoms with Gasteiger partial charge in [-0.2, -0.15) is 4.98 Å². The van der Waals surface area contributed by atoms with Gasteiger partial charge in [0.05, 0.1) is 11.4 Å². The van der Waals surface area contributed by atoms with Gasteiger partial charge in [-0.1, -0.05) is 24.2 Å². The van der Waals surface area contributed by atoms with Crippen molar-refractivity contribution < 1.29 is 4.79 Å². The molecule has 8 nitrogen and oxygen atoms in total. The molecule has 2 aromatic rings. The van der Waals surface area contributed by atoms with Crippen molar-refractivity contribution in [1.82, 2.24) is 9.97 Å². The summed E-state index contributed by atoms with van der Waals surface area (Å²) in [6.07, 6.45) is 4.11. The number of benzene rings is 1. The van der Waals surface area contributed by atoms with Gasteiger partial charge in [0, 0.05) is 30.8 Å². The lowest BCUT2D eigenvalue weighted by Crippen LogP contribution is -2.10.